The molecule has 2 aromatic rings. The van der Waals surface area contributed by atoms with Gasteiger partial charge in [0.15, 0.2) is 11.7 Å². The zero-order valence-corrected chi connectivity index (χ0v) is 14.8. The number of rotatable bonds is 5. The summed E-state index contributed by atoms with van der Waals surface area (Å²) in [4.78, 5) is 20.3. The fourth-order valence-corrected chi connectivity index (χ4v) is 1.95. The van der Waals surface area contributed by atoms with Gasteiger partial charge < -0.3 is 25.4 Å². The van der Waals surface area contributed by atoms with Crippen molar-refractivity contribution >= 4 is 35.8 Å². The zero-order valence-electron chi connectivity index (χ0n) is 12.5. The number of hydrogen-bond donors (Lipinski definition) is 3. The summed E-state index contributed by atoms with van der Waals surface area (Å²) >= 11 is 0. The normalized spacial score (nSPS) is 10.9. The van der Waals surface area contributed by atoms with E-state index in [1.54, 1.807) is 19.2 Å². The van der Waals surface area contributed by atoms with Gasteiger partial charge in [0.1, 0.15) is 5.76 Å². The van der Waals surface area contributed by atoms with Gasteiger partial charge in [-0.25, -0.2) is 0 Å². The molecule has 1 amide bonds. The Hall–Kier alpha value is -1.97. The number of primary amides is 1. The van der Waals surface area contributed by atoms with Crippen molar-refractivity contribution in [2.45, 2.75) is 13.1 Å². The van der Waals surface area contributed by atoms with Gasteiger partial charge in [0.05, 0.1) is 13.1 Å². The summed E-state index contributed by atoms with van der Waals surface area (Å²) in [6, 6.07) is 7.24. The van der Waals surface area contributed by atoms with Crippen LogP contribution < -0.4 is 11.1 Å². The molecule has 2 aromatic heterocycles. The summed E-state index contributed by atoms with van der Waals surface area (Å²) in [7, 11) is 3.65. The van der Waals surface area contributed by atoms with E-state index in [2.05, 4.69) is 15.3 Å². The Morgan fingerprint density at radius 3 is 2.77 bits per heavy atom. The highest BCUT2D eigenvalue weighted by Crippen LogP contribution is 2.07. The number of aliphatic imine (C=N–C) groups is 1. The minimum atomic E-state index is -0.575. The largest absolute Gasteiger partial charge is 0.454 e. The molecular weight excluding hydrogens is 397 g/mol. The van der Waals surface area contributed by atoms with Gasteiger partial charge in [0.25, 0.3) is 5.91 Å². The van der Waals surface area contributed by atoms with E-state index in [1.165, 1.54) is 0 Å². The first kappa shape index (κ1) is 18.1. The number of aromatic nitrogens is 1. The van der Waals surface area contributed by atoms with Gasteiger partial charge in [-0.2, -0.15) is 0 Å². The van der Waals surface area contributed by atoms with Crippen LogP contribution in [0.1, 0.15) is 22.0 Å². The second kappa shape index (κ2) is 8.47. The molecule has 22 heavy (non-hydrogen) atoms. The summed E-state index contributed by atoms with van der Waals surface area (Å²) in [5, 5.41) is 3.17. The number of carbonyl (C=O) groups excluding carboxylic acids is 1. The Kier molecular flexibility index (Phi) is 6.96. The zero-order chi connectivity index (χ0) is 15.2. The number of nitrogens with zero attached hydrogens (tertiary/aromatic N) is 2. The van der Waals surface area contributed by atoms with Crippen LogP contribution in [0, 0.1) is 0 Å². The number of amides is 1. The first-order valence-corrected chi connectivity index (χ1v) is 6.52. The fourth-order valence-electron chi connectivity index (χ4n) is 1.95. The van der Waals surface area contributed by atoms with E-state index in [0.29, 0.717) is 18.8 Å². The quantitative estimate of drug-likeness (QED) is 0.390. The van der Waals surface area contributed by atoms with Crippen molar-refractivity contribution in [3.8, 4) is 0 Å². The third kappa shape index (κ3) is 4.79. The first-order chi connectivity index (χ1) is 10.1. The predicted molar refractivity (Wildman–Crippen MR) is 95.1 cm³/mol. The Balaban J connectivity index is 0.00000242. The smallest absolute Gasteiger partial charge is 0.284 e. The number of furan rings is 1. The summed E-state index contributed by atoms with van der Waals surface area (Å²) < 4.78 is 5.31. The van der Waals surface area contributed by atoms with E-state index in [1.807, 2.05) is 30.3 Å². The third-order valence-electron chi connectivity index (χ3n) is 2.97. The molecule has 0 fully saturated rings. The molecule has 120 valence electrons. The molecule has 0 radical (unpaired) electrons. The van der Waals surface area contributed by atoms with Crippen LogP contribution >= 0.6 is 24.0 Å². The average Bonchev–Trinajstić information content (AvgIpc) is 3.10. The number of H-pyrrole nitrogens is 1. The molecule has 7 nitrogen and oxygen atoms in total. The lowest BCUT2D eigenvalue weighted by Gasteiger charge is -2.21. The van der Waals surface area contributed by atoms with Crippen LogP contribution in [0.4, 0.5) is 0 Å². The molecule has 2 heterocycles. The highest BCUT2D eigenvalue weighted by atomic mass is 127. The topological polar surface area (TPSA) is 99.6 Å². The van der Waals surface area contributed by atoms with Crippen LogP contribution in [-0.2, 0) is 13.1 Å². The van der Waals surface area contributed by atoms with Crippen LogP contribution in [0.25, 0.3) is 0 Å². The second-order valence-electron chi connectivity index (χ2n) is 4.58. The van der Waals surface area contributed by atoms with Gasteiger partial charge in [-0.15, -0.1) is 24.0 Å². The Bertz CT molecular complexity index is 621. The van der Waals surface area contributed by atoms with Crippen LogP contribution in [0.15, 0.2) is 39.9 Å². The van der Waals surface area contributed by atoms with Gasteiger partial charge >= 0.3 is 0 Å². The van der Waals surface area contributed by atoms with Crippen molar-refractivity contribution < 1.29 is 9.21 Å². The summed E-state index contributed by atoms with van der Waals surface area (Å²) in [6.07, 6.45) is 1.88. The maximum atomic E-state index is 11.0. The highest BCUT2D eigenvalue weighted by Gasteiger charge is 2.10. The minimum absolute atomic E-state index is 0. The number of guanidine groups is 1. The number of hydrogen-bond acceptors (Lipinski definition) is 3. The predicted octanol–water partition coefficient (Wildman–Crippen LogP) is 1.53. The standard InChI is InChI=1S/C14H19N5O2.HI/c1-16-14(19(2)9-10-4-3-7-17-10)18-8-11-5-6-12(21-11)13(15)20;/h3-7,17H,8-9H2,1-2H3,(H2,15,20)(H,16,18);1H. The molecule has 2 rings (SSSR count). The lowest BCUT2D eigenvalue weighted by atomic mass is 10.4. The van der Waals surface area contributed by atoms with E-state index >= 15 is 0 Å². The SMILES string of the molecule is CN=C(NCc1ccc(C(N)=O)o1)N(C)Cc1ccc[nH]1.I. The van der Waals surface area contributed by atoms with Crippen molar-refractivity contribution in [1.82, 2.24) is 15.2 Å². The van der Waals surface area contributed by atoms with Gasteiger partial charge in [-0.1, -0.05) is 0 Å². The molecule has 0 aliphatic carbocycles. The molecule has 0 bridgehead atoms. The molecule has 0 aliphatic rings. The number of carbonyl (C=O) groups is 1. The van der Waals surface area contributed by atoms with Crippen LogP contribution in [-0.4, -0.2) is 35.8 Å². The summed E-state index contributed by atoms with van der Waals surface area (Å²) in [5.74, 6) is 0.927. The molecule has 0 unspecified atom stereocenters. The number of nitrogens with two attached hydrogens (primary N) is 1. The molecule has 8 heteroatoms. The van der Waals surface area contributed by atoms with Crippen LogP contribution in [0.2, 0.25) is 0 Å². The van der Waals surface area contributed by atoms with E-state index < -0.39 is 5.91 Å². The molecule has 4 N–H and O–H groups in total. The summed E-state index contributed by atoms with van der Waals surface area (Å²) in [6.45, 7) is 1.13. The first-order valence-electron chi connectivity index (χ1n) is 6.52. The molecule has 0 atom stereocenters. The van der Waals surface area contributed by atoms with Gasteiger partial charge in [-0.05, 0) is 24.3 Å². The third-order valence-corrected chi connectivity index (χ3v) is 2.97. The maximum absolute atomic E-state index is 11.0. The lowest BCUT2D eigenvalue weighted by Crippen LogP contribution is -2.38. The lowest BCUT2D eigenvalue weighted by molar-refractivity contribution is 0.0972. The molecule has 0 saturated heterocycles. The molecule has 0 saturated carbocycles. The van der Waals surface area contributed by atoms with E-state index in [4.69, 9.17) is 10.2 Å². The second-order valence-corrected chi connectivity index (χ2v) is 4.58. The monoisotopic (exact) mass is 417 g/mol. The number of aromatic amines is 1. The van der Waals surface area contributed by atoms with Gasteiger partial charge in [0, 0.05) is 26.0 Å². The minimum Gasteiger partial charge on any atom is -0.454 e. The molecule has 0 aromatic carbocycles. The Labute approximate surface area is 146 Å². The van der Waals surface area contributed by atoms with Crippen molar-refractivity contribution in [2.24, 2.45) is 10.7 Å². The van der Waals surface area contributed by atoms with Crippen LogP contribution in [0.3, 0.4) is 0 Å². The van der Waals surface area contributed by atoms with E-state index in [9.17, 15) is 4.79 Å². The Morgan fingerprint density at radius 1 is 1.45 bits per heavy atom. The van der Waals surface area contributed by atoms with Crippen molar-refractivity contribution in [3.63, 3.8) is 0 Å². The molecule has 0 aliphatic heterocycles. The van der Waals surface area contributed by atoms with Crippen molar-refractivity contribution in [3.05, 3.63) is 47.7 Å². The maximum Gasteiger partial charge on any atom is 0.284 e. The average molecular weight is 417 g/mol. The molecule has 0 spiro atoms. The number of nitrogens with one attached hydrogen (secondary N) is 2. The Morgan fingerprint density at radius 2 is 2.23 bits per heavy atom. The molecular formula is C14H20IN5O2. The van der Waals surface area contributed by atoms with Gasteiger partial charge in [0.2, 0.25) is 0 Å². The van der Waals surface area contributed by atoms with E-state index in [0.717, 1.165) is 11.7 Å². The van der Waals surface area contributed by atoms with E-state index in [-0.39, 0.29) is 29.7 Å². The van der Waals surface area contributed by atoms with Crippen LogP contribution in [0.5, 0.6) is 0 Å². The highest BCUT2D eigenvalue weighted by molar-refractivity contribution is 14.0. The number of halogens is 1. The van der Waals surface area contributed by atoms with Gasteiger partial charge in [-0.3, -0.25) is 9.79 Å². The van der Waals surface area contributed by atoms with Crippen molar-refractivity contribution in [1.29, 1.82) is 0 Å². The van der Waals surface area contributed by atoms with Crippen molar-refractivity contribution in [2.75, 3.05) is 14.1 Å². The fraction of sp³-hybridized carbons (Fsp3) is 0.286. The summed E-state index contributed by atoms with van der Waals surface area (Å²) in [5.41, 5.74) is 6.24.